The van der Waals surface area contributed by atoms with Crippen LogP contribution in [-0.2, 0) is 0 Å². The van der Waals surface area contributed by atoms with Crippen molar-refractivity contribution in [2.45, 2.75) is 6.92 Å². The molecule has 18 heavy (non-hydrogen) atoms. The van der Waals surface area contributed by atoms with Gasteiger partial charge in [0.2, 0.25) is 0 Å². The summed E-state index contributed by atoms with van der Waals surface area (Å²) in [5.74, 6) is -0.127. The fourth-order valence-electron chi connectivity index (χ4n) is 1.57. The molecular formula is C14H11Br2NO. The number of rotatable bonds is 2. The molecule has 2 aromatic rings. The Bertz CT molecular complexity index is 596. The van der Waals surface area contributed by atoms with Gasteiger partial charge in [-0.2, -0.15) is 0 Å². The number of anilines is 1. The molecule has 1 N–H and O–H groups in total. The largest absolute Gasteiger partial charge is 0.321 e. The van der Waals surface area contributed by atoms with Crippen molar-refractivity contribution in [2.75, 3.05) is 5.32 Å². The van der Waals surface area contributed by atoms with Crippen LogP contribution >= 0.6 is 31.9 Å². The van der Waals surface area contributed by atoms with E-state index >= 15 is 0 Å². The van der Waals surface area contributed by atoms with E-state index in [1.807, 2.05) is 49.4 Å². The first-order valence-electron chi connectivity index (χ1n) is 5.40. The van der Waals surface area contributed by atoms with E-state index in [0.29, 0.717) is 5.56 Å². The van der Waals surface area contributed by atoms with Gasteiger partial charge in [0.05, 0.1) is 11.3 Å². The molecule has 0 aliphatic rings. The van der Waals surface area contributed by atoms with Gasteiger partial charge in [0.25, 0.3) is 5.91 Å². The molecule has 1 amide bonds. The average molecular weight is 369 g/mol. The second kappa shape index (κ2) is 5.67. The molecule has 2 rings (SSSR count). The molecule has 0 aliphatic heterocycles. The zero-order valence-corrected chi connectivity index (χ0v) is 12.9. The SMILES string of the molecule is Cc1ccc(Br)c(C(=O)Nc2ccccc2Br)c1. The van der Waals surface area contributed by atoms with Crippen LogP contribution < -0.4 is 5.32 Å². The molecule has 0 unspecified atom stereocenters. The average Bonchev–Trinajstić information content (AvgIpc) is 2.35. The fourth-order valence-corrected chi connectivity index (χ4v) is 2.38. The molecule has 0 aromatic heterocycles. The van der Waals surface area contributed by atoms with Gasteiger partial charge in [-0.1, -0.05) is 23.8 Å². The lowest BCUT2D eigenvalue weighted by Crippen LogP contribution is -2.13. The van der Waals surface area contributed by atoms with Gasteiger partial charge >= 0.3 is 0 Å². The second-order valence-electron chi connectivity index (χ2n) is 3.92. The monoisotopic (exact) mass is 367 g/mol. The summed E-state index contributed by atoms with van der Waals surface area (Å²) in [5.41, 5.74) is 2.44. The zero-order chi connectivity index (χ0) is 13.1. The van der Waals surface area contributed by atoms with Gasteiger partial charge in [-0.25, -0.2) is 0 Å². The molecule has 0 heterocycles. The number of carbonyl (C=O) groups excluding carboxylic acids is 1. The highest BCUT2D eigenvalue weighted by Crippen LogP contribution is 2.24. The Morgan fingerprint density at radius 3 is 2.50 bits per heavy atom. The smallest absolute Gasteiger partial charge is 0.256 e. The number of para-hydroxylation sites is 1. The van der Waals surface area contributed by atoms with Crippen LogP contribution in [0.25, 0.3) is 0 Å². The number of hydrogen-bond acceptors (Lipinski definition) is 1. The number of carbonyl (C=O) groups is 1. The van der Waals surface area contributed by atoms with Gasteiger partial charge in [-0.3, -0.25) is 4.79 Å². The lowest BCUT2D eigenvalue weighted by atomic mass is 10.1. The molecule has 0 saturated heterocycles. The van der Waals surface area contributed by atoms with E-state index in [1.165, 1.54) is 0 Å². The van der Waals surface area contributed by atoms with Crippen molar-refractivity contribution < 1.29 is 4.79 Å². The van der Waals surface area contributed by atoms with E-state index in [4.69, 9.17) is 0 Å². The summed E-state index contributed by atoms with van der Waals surface area (Å²) in [6.45, 7) is 1.96. The zero-order valence-electron chi connectivity index (χ0n) is 9.71. The van der Waals surface area contributed by atoms with Crippen LogP contribution in [0.3, 0.4) is 0 Å². The first-order valence-corrected chi connectivity index (χ1v) is 6.98. The van der Waals surface area contributed by atoms with Crippen LogP contribution in [0.15, 0.2) is 51.4 Å². The van der Waals surface area contributed by atoms with Gasteiger partial charge < -0.3 is 5.32 Å². The van der Waals surface area contributed by atoms with Crippen LogP contribution in [0, 0.1) is 6.92 Å². The van der Waals surface area contributed by atoms with Crippen LogP contribution in [0.5, 0.6) is 0 Å². The molecule has 92 valence electrons. The summed E-state index contributed by atoms with van der Waals surface area (Å²) < 4.78 is 1.65. The minimum Gasteiger partial charge on any atom is -0.321 e. The number of hydrogen-bond donors (Lipinski definition) is 1. The molecule has 4 heteroatoms. The molecule has 0 atom stereocenters. The van der Waals surface area contributed by atoms with E-state index in [2.05, 4.69) is 37.2 Å². The third kappa shape index (κ3) is 3.00. The Kier molecular flexibility index (Phi) is 4.19. The molecule has 2 aromatic carbocycles. The Morgan fingerprint density at radius 1 is 1.06 bits per heavy atom. The van der Waals surface area contributed by atoms with Gasteiger partial charge in [0.1, 0.15) is 0 Å². The molecule has 0 fully saturated rings. The Labute approximate surface area is 123 Å². The van der Waals surface area contributed by atoms with E-state index < -0.39 is 0 Å². The molecule has 0 saturated carbocycles. The van der Waals surface area contributed by atoms with Crippen molar-refractivity contribution in [3.8, 4) is 0 Å². The molecule has 0 aliphatic carbocycles. The number of nitrogens with one attached hydrogen (secondary N) is 1. The summed E-state index contributed by atoms with van der Waals surface area (Å²) in [5, 5.41) is 2.88. The fraction of sp³-hybridized carbons (Fsp3) is 0.0714. The maximum absolute atomic E-state index is 12.2. The maximum Gasteiger partial charge on any atom is 0.256 e. The molecular weight excluding hydrogens is 358 g/mol. The third-order valence-corrected chi connectivity index (χ3v) is 3.87. The Hall–Kier alpha value is -1.13. The predicted octanol–water partition coefficient (Wildman–Crippen LogP) is 4.77. The van der Waals surface area contributed by atoms with Gasteiger partial charge in [0, 0.05) is 8.95 Å². The van der Waals surface area contributed by atoms with Crippen molar-refractivity contribution in [1.29, 1.82) is 0 Å². The quantitative estimate of drug-likeness (QED) is 0.812. The first-order chi connectivity index (χ1) is 8.58. The molecule has 0 radical (unpaired) electrons. The first kappa shape index (κ1) is 13.3. The third-order valence-electron chi connectivity index (χ3n) is 2.49. The number of aryl methyl sites for hydroxylation is 1. The standard InChI is InChI=1S/C14H11Br2NO/c1-9-6-7-11(15)10(8-9)14(18)17-13-5-3-2-4-12(13)16/h2-8H,1H3,(H,17,18). The minimum absolute atomic E-state index is 0.127. The maximum atomic E-state index is 12.2. The summed E-state index contributed by atoms with van der Waals surface area (Å²) in [6, 6.07) is 13.2. The number of halogens is 2. The van der Waals surface area contributed by atoms with Crippen LogP contribution in [-0.4, -0.2) is 5.91 Å². The highest BCUT2D eigenvalue weighted by Gasteiger charge is 2.11. The number of amides is 1. The summed E-state index contributed by atoms with van der Waals surface area (Å²) in [6.07, 6.45) is 0. The molecule has 0 bridgehead atoms. The van der Waals surface area contributed by atoms with Crippen LogP contribution in [0.1, 0.15) is 15.9 Å². The topological polar surface area (TPSA) is 29.1 Å². The Balaban J connectivity index is 2.28. The molecule has 2 nitrogen and oxygen atoms in total. The van der Waals surface area contributed by atoms with Crippen molar-refractivity contribution in [3.05, 3.63) is 62.5 Å². The van der Waals surface area contributed by atoms with Crippen molar-refractivity contribution >= 4 is 43.5 Å². The highest BCUT2D eigenvalue weighted by atomic mass is 79.9. The summed E-state index contributed by atoms with van der Waals surface area (Å²) in [4.78, 5) is 12.2. The normalized spacial score (nSPS) is 10.2. The van der Waals surface area contributed by atoms with E-state index in [0.717, 1.165) is 20.2 Å². The summed E-state index contributed by atoms with van der Waals surface area (Å²) in [7, 11) is 0. The van der Waals surface area contributed by atoms with E-state index in [1.54, 1.807) is 0 Å². The van der Waals surface area contributed by atoms with Crippen LogP contribution in [0.2, 0.25) is 0 Å². The Morgan fingerprint density at radius 2 is 1.78 bits per heavy atom. The van der Waals surface area contributed by atoms with Gasteiger partial charge in [-0.05, 0) is 63.0 Å². The predicted molar refractivity (Wildman–Crippen MR) is 81.0 cm³/mol. The van der Waals surface area contributed by atoms with Gasteiger partial charge in [-0.15, -0.1) is 0 Å². The van der Waals surface area contributed by atoms with Crippen LogP contribution in [0.4, 0.5) is 5.69 Å². The van der Waals surface area contributed by atoms with Crippen molar-refractivity contribution in [2.24, 2.45) is 0 Å². The lowest BCUT2D eigenvalue weighted by molar-refractivity contribution is 0.102. The number of benzene rings is 2. The highest BCUT2D eigenvalue weighted by molar-refractivity contribution is 9.11. The summed E-state index contributed by atoms with van der Waals surface area (Å²) >= 11 is 6.79. The van der Waals surface area contributed by atoms with E-state index in [9.17, 15) is 4.79 Å². The van der Waals surface area contributed by atoms with E-state index in [-0.39, 0.29) is 5.91 Å². The minimum atomic E-state index is -0.127. The second-order valence-corrected chi connectivity index (χ2v) is 5.63. The lowest BCUT2D eigenvalue weighted by Gasteiger charge is -2.09. The van der Waals surface area contributed by atoms with Crippen molar-refractivity contribution in [3.63, 3.8) is 0 Å². The van der Waals surface area contributed by atoms with Gasteiger partial charge in [0.15, 0.2) is 0 Å². The van der Waals surface area contributed by atoms with Crippen molar-refractivity contribution in [1.82, 2.24) is 0 Å². The molecule has 0 spiro atoms.